The van der Waals surface area contributed by atoms with Crippen LogP contribution >= 0.6 is 0 Å². The van der Waals surface area contributed by atoms with Crippen LogP contribution in [-0.4, -0.2) is 73.9 Å². The number of imidazole rings is 1. The summed E-state index contributed by atoms with van der Waals surface area (Å²) in [7, 11) is 4.00. The van der Waals surface area contributed by atoms with Gasteiger partial charge in [0.05, 0.1) is 0 Å². The number of aliphatic hydroxyl groups excluding tert-OH is 1. The molecule has 1 unspecified atom stereocenters. The van der Waals surface area contributed by atoms with Crippen molar-refractivity contribution in [2.75, 3.05) is 27.2 Å². The number of ether oxygens (including phenoxy) is 1. The molecular formula is C22H26N4O6. The zero-order valence-corrected chi connectivity index (χ0v) is 18.0. The third-order valence-corrected chi connectivity index (χ3v) is 4.29. The minimum Gasteiger partial charge on any atom is -0.492 e. The fourth-order valence-electron chi connectivity index (χ4n) is 2.64. The molecule has 170 valence electrons. The van der Waals surface area contributed by atoms with Gasteiger partial charge in [-0.25, -0.2) is 19.6 Å². The number of likely N-dealkylation sites (N-methyl/N-ethyl adjacent to an activating group) is 1. The van der Waals surface area contributed by atoms with E-state index in [2.05, 4.69) is 14.9 Å². The minimum absolute atomic E-state index is 0.563. The molecule has 2 heterocycles. The van der Waals surface area contributed by atoms with Crippen molar-refractivity contribution < 1.29 is 29.6 Å². The van der Waals surface area contributed by atoms with Crippen LogP contribution in [0.15, 0.2) is 55.2 Å². The number of carboxylic acids is 2. The van der Waals surface area contributed by atoms with E-state index in [0.717, 1.165) is 29.1 Å². The highest BCUT2D eigenvalue weighted by atomic mass is 16.5. The first-order chi connectivity index (χ1) is 15.2. The molecule has 32 heavy (non-hydrogen) atoms. The Bertz CT molecular complexity index is 1010. The van der Waals surface area contributed by atoms with Crippen LogP contribution < -0.4 is 4.74 Å². The van der Waals surface area contributed by atoms with E-state index in [1.165, 1.54) is 0 Å². The lowest BCUT2D eigenvalue weighted by atomic mass is 10.00. The molecule has 0 saturated carbocycles. The highest BCUT2D eigenvalue weighted by Crippen LogP contribution is 2.31. The molecule has 3 N–H and O–H groups in total. The molecule has 0 aliphatic carbocycles. The Morgan fingerprint density at radius 1 is 1.16 bits per heavy atom. The van der Waals surface area contributed by atoms with Crippen LogP contribution in [0.3, 0.4) is 0 Å². The van der Waals surface area contributed by atoms with Gasteiger partial charge in [0.15, 0.2) is 0 Å². The van der Waals surface area contributed by atoms with Gasteiger partial charge in [-0.2, -0.15) is 0 Å². The molecule has 0 fully saturated rings. The molecule has 1 atom stereocenters. The Labute approximate surface area is 185 Å². The standard InChI is InChI=1S/C20H24N4O2.C2H2O4/c1-15-4-6-18(26-11-10-23(2)3)17(12-15)20(25)16-5-7-19(22-13-16)24-9-8-21-14-24;3-1(4)2(5)6/h4-9,12-14,20,25H,10-11H2,1-3H3;(H,3,4)(H,5,6). The maximum Gasteiger partial charge on any atom is 0.414 e. The summed E-state index contributed by atoms with van der Waals surface area (Å²) in [5.74, 6) is -2.20. The number of aryl methyl sites for hydroxylation is 1. The number of hydrogen-bond acceptors (Lipinski definition) is 7. The largest absolute Gasteiger partial charge is 0.492 e. The molecule has 10 heteroatoms. The molecule has 3 rings (SSSR count). The summed E-state index contributed by atoms with van der Waals surface area (Å²) in [6, 6.07) is 9.60. The first-order valence-electron chi connectivity index (χ1n) is 9.65. The second-order valence-corrected chi connectivity index (χ2v) is 7.13. The Kier molecular flexibility index (Phi) is 8.87. The SMILES string of the molecule is Cc1ccc(OCCN(C)C)c(C(O)c2ccc(-n3ccnc3)nc2)c1.O=C(O)C(=O)O. The van der Waals surface area contributed by atoms with Crippen molar-refractivity contribution in [2.45, 2.75) is 13.0 Å². The van der Waals surface area contributed by atoms with E-state index in [1.54, 1.807) is 18.7 Å². The van der Waals surface area contributed by atoms with Gasteiger partial charge in [0.1, 0.15) is 30.6 Å². The lowest BCUT2D eigenvalue weighted by Crippen LogP contribution is -2.20. The Morgan fingerprint density at radius 3 is 2.41 bits per heavy atom. The van der Waals surface area contributed by atoms with Crippen LogP contribution in [0.2, 0.25) is 0 Å². The van der Waals surface area contributed by atoms with Crippen LogP contribution in [-0.2, 0) is 9.59 Å². The van der Waals surface area contributed by atoms with Crippen LogP contribution in [0.1, 0.15) is 22.8 Å². The number of pyridine rings is 1. The molecule has 0 aliphatic rings. The number of rotatable bonds is 7. The van der Waals surface area contributed by atoms with Gasteiger partial charge in [-0.05, 0) is 39.2 Å². The van der Waals surface area contributed by atoms with Crippen molar-refractivity contribution >= 4 is 11.9 Å². The van der Waals surface area contributed by atoms with Crippen molar-refractivity contribution in [2.24, 2.45) is 0 Å². The lowest BCUT2D eigenvalue weighted by molar-refractivity contribution is -0.159. The second-order valence-electron chi connectivity index (χ2n) is 7.13. The average Bonchev–Trinajstić information content (AvgIpc) is 3.29. The molecule has 2 aromatic heterocycles. The zero-order chi connectivity index (χ0) is 23.7. The normalized spacial score (nSPS) is 11.4. The Hall–Kier alpha value is -3.76. The molecule has 0 spiro atoms. The van der Waals surface area contributed by atoms with Crippen molar-refractivity contribution in [3.8, 4) is 11.6 Å². The van der Waals surface area contributed by atoms with E-state index in [4.69, 9.17) is 24.5 Å². The predicted octanol–water partition coefficient (Wildman–Crippen LogP) is 1.75. The summed E-state index contributed by atoms with van der Waals surface area (Å²) in [4.78, 5) is 28.7. The number of benzene rings is 1. The highest BCUT2D eigenvalue weighted by molar-refractivity contribution is 6.27. The first kappa shape index (κ1) is 24.5. The number of carbonyl (C=O) groups is 2. The molecule has 0 bridgehead atoms. The van der Waals surface area contributed by atoms with Crippen molar-refractivity contribution in [3.63, 3.8) is 0 Å². The second kappa shape index (κ2) is 11.6. The average molecular weight is 442 g/mol. The third-order valence-electron chi connectivity index (χ3n) is 4.29. The molecule has 10 nitrogen and oxygen atoms in total. The third kappa shape index (κ3) is 7.18. The van der Waals surface area contributed by atoms with Crippen molar-refractivity contribution in [1.29, 1.82) is 0 Å². The van der Waals surface area contributed by atoms with Crippen LogP contribution in [0.5, 0.6) is 5.75 Å². The van der Waals surface area contributed by atoms with Crippen LogP contribution in [0.4, 0.5) is 0 Å². The number of aliphatic carboxylic acids is 2. The van der Waals surface area contributed by atoms with Crippen LogP contribution in [0.25, 0.3) is 5.82 Å². The van der Waals surface area contributed by atoms with E-state index in [0.29, 0.717) is 12.4 Å². The van der Waals surface area contributed by atoms with Gasteiger partial charge < -0.3 is 25.0 Å². The number of hydrogen-bond donors (Lipinski definition) is 3. The minimum atomic E-state index is -1.82. The van der Waals surface area contributed by atoms with Gasteiger partial charge in [0.25, 0.3) is 0 Å². The topological polar surface area (TPSA) is 138 Å². The van der Waals surface area contributed by atoms with E-state index in [1.807, 2.05) is 62.1 Å². The Morgan fingerprint density at radius 2 is 1.88 bits per heavy atom. The summed E-state index contributed by atoms with van der Waals surface area (Å²) in [5.41, 5.74) is 2.54. The predicted molar refractivity (Wildman–Crippen MR) is 116 cm³/mol. The van der Waals surface area contributed by atoms with Crippen molar-refractivity contribution in [1.82, 2.24) is 19.4 Å². The maximum atomic E-state index is 10.9. The molecule has 1 aromatic carbocycles. The molecular weight excluding hydrogens is 416 g/mol. The van der Waals surface area contributed by atoms with Gasteiger partial charge in [-0.15, -0.1) is 0 Å². The van der Waals surface area contributed by atoms with E-state index in [9.17, 15) is 5.11 Å². The monoisotopic (exact) mass is 442 g/mol. The van der Waals surface area contributed by atoms with Crippen molar-refractivity contribution in [3.05, 3.63) is 71.9 Å². The van der Waals surface area contributed by atoms with E-state index >= 15 is 0 Å². The number of carboxylic acid groups (broad SMARTS) is 2. The fourth-order valence-corrected chi connectivity index (χ4v) is 2.64. The van der Waals surface area contributed by atoms with E-state index in [-0.39, 0.29) is 0 Å². The van der Waals surface area contributed by atoms with Crippen LogP contribution in [0, 0.1) is 6.92 Å². The number of nitrogens with zero attached hydrogens (tertiary/aromatic N) is 4. The molecule has 0 aliphatic heterocycles. The molecule has 3 aromatic rings. The fraction of sp³-hybridized carbons (Fsp3) is 0.273. The van der Waals surface area contributed by atoms with Gasteiger partial charge in [0.2, 0.25) is 0 Å². The molecule has 0 saturated heterocycles. The number of aromatic nitrogens is 3. The van der Waals surface area contributed by atoms with Gasteiger partial charge in [-0.1, -0.05) is 17.7 Å². The van der Waals surface area contributed by atoms with Gasteiger partial charge in [-0.3, -0.25) is 4.57 Å². The molecule has 0 amide bonds. The zero-order valence-electron chi connectivity index (χ0n) is 18.0. The van der Waals surface area contributed by atoms with E-state index < -0.39 is 18.0 Å². The first-order valence-corrected chi connectivity index (χ1v) is 9.65. The summed E-state index contributed by atoms with van der Waals surface area (Å²) < 4.78 is 7.71. The smallest absolute Gasteiger partial charge is 0.414 e. The summed E-state index contributed by atoms with van der Waals surface area (Å²) in [6.45, 7) is 3.37. The highest BCUT2D eigenvalue weighted by Gasteiger charge is 2.17. The quantitative estimate of drug-likeness (QED) is 0.467. The lowest BCUT2D eigenvalue weighted by Gasteiger charge is -2.18. The molecule has 0 radical (unpaired) electrons. The van der Waals surface area contributed by atoms with Gasteiger partial charge in [0, 0.05) is 36.3 Å². The Balaban J connectivity index is 0.000000534. The van der Waals surface area contributed by atoms with Gasteiger partial charge >= 0.3 is 11.9 Å². The number of aliphatic hydroxyl groups is 1. The summed E-state index contributed by atoms with van der Waals surface area (Å²) in [5, 5.41) is 25.7. The maximum absolute atomic E-state index is 10.9. The summed E-state index contributed by atoms with van der Waals surface area (Å²) in [6.07, 6.45) is 6.11. The summed E-state index contributed by atoms with van der Waals surface area (Å²) >= 11 is 0.